The highest BCUT2D eigenvalue weighted by molar-refractivity contribution is 6.30. The Labute approximate surface area is 116 Å². The van der Waals surface area contributed by atoms with Crippen LogP contribution < -0.4 is 5.32 Å². The summed E-state index contributed by atoms with van der Waals surface area (Å²) < 4.78 is 0. The van der Waals surface area contributed by atoms with Crippen LogP contribution in [0, 0.1) is 12.8 Å². The zero-order valence-corrected chi connectivity index (χ0v) is 12.3. The van der Waals surface area contributed by atoms with Crippen molar-refractivity contribution in [3.8, 4) is 0 Å². The highest BCUT2D eigenvalue weighted by Gasteiger charge is 2.24. The second kappa shape index (κ2) is 6.58. The third-order valence-electron chi connectivity index (χ3n) is 3.97. The molecule has 1 fully saturated rings. The molecule has 1 unspecified atom stereocenters. The van der Waals surface area contributed by atoms with Gasteiger partial charge in [0.15, 0.2) is 0 Å². The van der Waals surface area contributed by atoms with E-state index >= 15 is 0 Å². The second-order valence-electron chi connectivity index (χ2n) is 5.50. The summed E-state index contributed by atoms with van der Waals surface area (Å²) in [6, 6.07) is 6.94. The molecule has 0 radical (unpaired) electrons. The fourth-order valence-electron chi connectivity index (χ4n) is 3.19. The molecule has 1 aliphatic carbocycles. The van der Waals surface area contributed by atoms with E-state index in [9.17, 15) is 0 Å². The Morgan fingerprint density at radius 3 is 2.56 bits per heavy atom. The molecule has 0 aliphatic heterocycles. The standard InChI is InChI=1S/C16H24ClN/c1-3-18-16(13-7-5-4-6-8-13)14-9-12(2)10-15(17)11-14/h9-11,13,16,18H,3-8H2,1-2H3. The van der Waals surface area contributed by atoms with Gasteiger partial charge >= 0.3 is 0 Å². The number of hydrogen-bond donors (Lipinski definition) is 1. The molecular weight excluding hydrogens is 242 g/mol. The monoisotopic (exact) mass is 265 g/mol. The molecule has 2 heteroatoms. The van der Waals surface area contributed by atoms with Gasteiger partial charge in [0.05, 0.1) is 0 Å². The first kappa shape index (κ1) is 13.9. The van der Waals surface area contributed by atoms with Crippen molar-refractivity contribution in [3.63, 3.8) is 0 Å². The average molecular weight is 266 g/mol. The zero-order valence-electron chi connectivity index (χ0n) is 11.5. The van der Waals surface area contributed by atoms with E-state index < -0.39 is 0 Å². The van der Waals surface area contributed by atoms with E-state index in [4.69, 9.17) is 11.6 Å². The van der Waals surface area contributed by atoms with Crippen LogP contribution in [-0.4, -0.2) is 6.54 Å². The largest absolute Gasteiger partial charge is 0.310 e. The van der Waals surface area contributed by atoms with Crippen molar-refractivity contribution >= 4 is 11.6 Å². The van der Waals surface area contributed by atoms with E-state index in [1.54, 1.807) is 0 Å². The van der Waals surface area contributed by atoms with Crippen molar-refractivity contribution < 1.29 is 0 Å². The molecule has 100 valence electrons. The molecule has 0 spiro atoms. The van der Waals surface area contributed by atoms with Crippen molar-refractivity contribution in [1.82, 2.24) is 5.32 Å². The van der Waals surface area contributed by atoms with Crippen LogP contribution in [-0.2, 0) is 0 Å². The molecule has 0 amide bonds. The van der Waals surface area contributed by atoms with Crippen LogP contribution in [0.1, 0.15) is 56.2 Å². The lowest BCUT2D eigenvalue weighted by Crippen LogP contribution is -2.29. The Bertz CT molecular complexity index is 362. The highest BCUT2D eigenvalue weighted by atomic mass is 35.5. The van der Waals surface area contributed by atoms with E-state index in [0.717, 1.165) is 17.5 Å². The Balaban J connectivity index is 2.22. The van der Waals surface area contributed by atoms with Gasteiger partial charge in [-0.25, -0.2) is 0 Å². The van der Waals surface area contributed by atoms with Crippen LogP contribution in [0.4, 0.5) is 0 Å². The number of halogens is 1. The van der Waals surface area contributed by atoms with E-state index in [-0.39, 0.29) is 0 Å². The molecule has 0 heterocycles. The van der Waals surface area contributed by atoms with Crippen molar-refractivity contribution in [2.24, 2.45) is 5.92 Å². The molecule has 1 N–H and O–H groups in total. The van der Waals surface area contributed by atoms with Gasteiger partial charge < -0.3 is 5.32 Å². The quantitative estimate of drug-likeness (QED) is 0.818. The lowest BCUT2D eigenvalue weighted by atomic mass is 9.81. The minimum Gasteiger partial charge on any atom is -0.310 e. The maximum atomic E-state index is 6.21. The molecule has 0 aromatic heterocycles. The van der Waals surface area contributed by atoms with Gasteiger partial charge in [0, 0.05) is 11.1 Å². The number of aryl methyl sites for hydroxylation is 1. The topological polar surface area (TPSA) is 12.0 Å². The van der Waals surface area contributed by atoms with Crippen molar-refractivity contribution in [2.75, 3.05) is 6.54 Å². The normalized spacial score (nSPS) is 18.8. The average Bonchev–Trinajstić information content (AvgIpc) is 2.36. The molecule has 0 bridgehead atoms. The first-order valence-corrected chi connectivity index (χ1v) is 7.59. The molecule has 0 saturated heterocycles. The maximum absolute atomic E-state index is 6.21. The van der Waals surface area contributed by atoms with E-state index in [0.29, 0.717) is 6.04 Å². The predicted octanol–water partition coefficient (Wildman–Crippen LogP) is 4.88. The molecule has 1 atom stereocenters. The Hall–Kier alpha value is -0.530. The molecule has 2 rings (SSSR count). The number of nitrogens with one attached hydrogen (secondary N) is 1. The van der Waals surface area contributed by atoms with Gasteiger partial charge in [0.25, 0.3) is 0 Å². The maximum Gasteiger partial charge on any atom is 0.0411 e. The zero-order chi connectivity index (χ0) is 13.0. The number of hydrogen-bond acceptors (Lipinski definition) is 1. The summed E-state index contributed by atoms with van der Waals surface area (Å²) >= 11 is 6.21. The Kier molecular flexibility index (Phi) is 5.08. The minimum absolute atomic E-state index is 0.479. The van der Waals surface area contributed by atoms with E-state index in [1.807, 2.05) is 6.07 Å². The van der Waals surface area contributed by atoms with Gasteiger partial charge in [-0.2, -0.15) is 0 Å². The van der Waals surface area contributed by atoms with Crippen molar-refractivity contribution in [1.29, 1.82) is 0 Å². The van der Waals surface area contributed by atoms with Crippen molar-refractivity contribution in [2.45, 2.75) is 52.0 Å². The van der Waals surface area contributed by atoms with Crippen LogP contribution in [0.5, 0.6) is 0 Å². The number of rotatable bonds is 4. The van der Waals surface area contributed by atoms with Gasteiger partial charge in [-0.3, -0.25) is 0 Å². The SMILES string of the molecule is CCNC(c1cc(C)cc(Cl)c1)C1CCCCC1. The first-order chi connectivity index (χ1) is 8.70. The molecule has 1 aliphatic rings. The summed E-state index contributed by atoms with van der Waals surface area (Å²) in [5, 5.41) is 4.53. The molecule has 1 nitrogen and oxygen atoms in total. The third kappa shape index (κ3) is 3.49. The Morgan fingerprint density at radius 1 is 1.22 bits per heavy atom. The molecule has 18 heavy (non-hydrogen) atoms. The van der Waals surface area contributed by atoms with Gasteiger partial charge in [0.2, 0.25) is 0 Å². The lowest BCUT2D eigenvalue weighted by molar-refractivity contribution is 0.274. The minimum atomic E-state index is 0.479. The van der Waals surface area contributed by atoms with Crippen LogP contribution in [0.2, 0.25) is 5.02 Å². The third-order valence-corrected chi connectivity index (χ3v) is 4.19. The molecule has 1 aromatic carbocycles. The fourth-order valence-corrected chi connectivity index (χ4v) is 3.49. The van der Waals surface area contributed by atoms with Gasteiger partial charge in [-0.1, -0.05) is 43.9 Å². The molecule has 1 saturated carbocycles. The van der Waals surface area contributed by atoms with Crippen LogP contribution in [0.3, 0.4) is 0 Å². The smallest absolute Gasteiger partial charge is 0.0411 e. The van der Waals surface area contributed by atoms with E-state index in [2.05, 4.69) is 31.3 Å². The van der Waals surface area contributed by atoms with Crippen LogP contribution in [0.15, 0.2) is 18.2 Å². The second-order valence-corrected chi connectivity index (χ2v) is 5.93. The number of benzene rings is 1. The van der Waals surface area contributed by atoms with E-state index in [1.165, 1.54) is 43.2 Å². The predicted molar refractivity (Wildman–Crippen MR) is 79.2 cm³/mol. The van der Waals surface area contributed by atoms with Crippen LogP contribution >= 0.6 is 11.6 Å². The summed E-state index contributed by atoms with van der Waals surface area (Å²) in [6.07, 6.45) is 6.87. The summed E-state index contributed by atoms with van der Waals surface area (Å²) in [6.45, 7) is 5.33. The summed E-state index contributed by atoms with van der Waals surface area (Å²) in [5.41, 5.74) is 2.63. The van der Waals surface area contributed by atoms with Gasteiger partial charge in [-0.05, 0) is 55.5 Å². The summed E-state index contributed by atoms with van der Waals surface area (Å²) in [4.78, 5) is 0. The highest BCUT2D eigenvalue weighted by Crippen LogP contribution is 2.35. The first-order valence-electron chi connectivity index (χ1n) is 7.21. The van der Waals surface area contributed by atoms with Gasteiger partial charge in [-0.15, -0.1) is 0 Å². The van der Waals surface area contributed by atoms with Gasteiger partial charge in [0.1, 0.15) is 0 Å². The molecule has 1 aromatic rings. The van der Waals surface area contributed by atoms with Crippen molar-refractivity contribution in [3.05, 3.63) is 34.3 Å². The fraction of sp³-hybridized carbons (Fsp3) is 0.625. The summed E-state index contributed by atoms with van der Waals surface area (Å²) in [7, 11) is 0. The summed E-state index contributed by atoms with van der Waals surface area (Å²) in [5.74, 6) is 0.775. The molecular formula is C16H24ClN. The van der Waals surface area contributed by atoms with Crippen LogP contribution in [0.25, 0.3) is 0 Å². The Morgan fingerprint density at radius 2 is 1.94 bits per heavy atom. The lowest BCUT2D eigenvalue weighted by Gasteiger charge is -2.31.